The van der Waals surface area contributed by atoms with Gasteiger partial charge in [0.15, 0.2) is 0 Å². The van der Waals surface area contributed by atoms with Crippen molar-refractivity contribution in [2.75, 3.05) is 0 Å². The van der Waals surface area contributed by atoms with E-state index >= 15 is 0 Å². The summed E-state index contributed by atoms with van der Waals surface area (Å²) in [5.41, 5.74) is 2.88. The highest BCUT2D eigenvalue weighted by molar-refractivity contribution is 6.49. The third kappa shape index (κ3) is 3.79. The van der Waals surface area contributed by atoms with Gasteiger partial charge in [-0.25, -0.2) is 4.98 Å². The molecule has 0 aliphatic rings. The van der Waals surface area contributed by atoms with Crippen LogP contribution in [0, 0.1) is 6.92 Å². The van der Waals surface area contributed by atoms with Gasteiger partial charge in [-0.15, -0.1) is 0 Å². The molecule has 0 saturated carbocycles. The SMILES string of the molecule is Cc1ccc(N=Cc2cn(C)cn2)c(O[SiH](C)C)c1. The lowest BCUT2D eigenvalue weighted by atomic mass is 10.2. The third-order valence-electron chi connectivity index (χ3n) is 2.54. The van der Waals surface area contributed by atoms with E-state index in [1.165, 1.54) is 5.56 Å². The summed E-state index contributed by atoms with van der Waals surface area (Å²) < 4.78 is 7.82. The van der Waals surface area contributed by atoms with Crippen molar-refractivity contribution in [3.63, 3.8) is 0 Å². The zero-order valence-corrected chi connectivity index (χ0v) is 12.9. The summed E-state index contributed by atoms with van der Waals surface area (Å²) in [5, 5.41) is 0. The van der Waals surface area contributed by atoms with Gasteiger partial charge in [-0.05, 0) is 37.7 Å². The fourth-order valence-corrected chi connectivity index (χ4v) is 2.41. The molecule has 0 aliphatic heterocycles. The molecule has 2 aromatic rings. The van der Waals surface area contributed by atoms with E-state index in [0.717, 1.165) is 17.1 Å². The second kappa shape index (κ2) is 5.84. The Balaban J connectivity index is 2.26. The Morgan fingerprint density at radius 3 is 2.79 bits per heavy atom. The van der Waals surface area contributed by atoms with Crippen molar-refractivity contribution >= 4 is 20.9 Å². The lowest BCUT2D eigenvalue weighted by molar-refractivity contribution is 0.581. The Kier molecular flexibility index (Phi) is 4.16. The van der Waals surface area contributed by atoms with E-state index < -0.39 is 9.04 Å². The minimum Gasteiger partial charge on any atom is -0.546 e. The summed E-state index contributed by atoms with van der Waals surface area (Å²) in [4.78, 5) is 8.70. The molecular weight excluding hydrogens is 254 g/mol. The molecule has 5 heteroatoms. The van der Waals surface area contributed by atoms with E-state index in [1.54, 1.807) is 12.5 Å². The standard InChI is InChI=1S/C14H19N3OSi/c1-11-5-6-13(14(7-11)18-19(3)4)15-8-12-9-17(2)10-16-12/h5-10,19H,1-4H3. The van der Waals surface area contributed by atoms with Crippen molar-refractivity contribution in [1.29, 1.82) is 0 Å². The van der Waals surface area contributed by atoms with E-state index in [9.17, 15) is 0 Å². The van der Waals surface area contributed by atoms with Gasteiger partial charge in [-0.3, -0.25) is 4.99 Å². The first-order valence-electron chi connectivity index (χ1n) is 6.34. The Hall–Kier alpha value is -1.88. The van der Waals surface area contributed by atoms with Gasteiger partial charge in [0.05, 0.1) is 18.2 Å². The molecule has 0 radical (unpaired) electrons. The van der Waals surface area contributed by atoms with Crippen LogP contribution in [0.1, 0.15) is 11.3 Å². The van der Waals surface area contributed by atoms with Gasteiger partial charge >= 0.3 is 0 Å². The first-order valence-corrected chi connectivity index (χ1v) is 9.12. The highest BCUT2D eigenvalue weighted by atomic mass is 28.3. The predicted molar refractivity (Wildman–Crippen MR) is 81.1 cm³/mol. The van der Waals surface area contributed by atoms with E-state index in [-0.39, 0.29) is 0 Å². The molecule has 4 nitrogen and oxygen atoms in total. The fraction of sp³-hybridized carbons (Fsp3) is 0.286. The van der Waals surface area contributed by atoms with Gasteiger partial charge in [-0.2, -0.15) is 0 Å². The van der Waals surface area contributed by atoms with Crippen LogP contribution in [0.3, 0.4) is 0 Å². The second-order valence-corrected chi connectivity index (χ2v) is 7.19. The molecule has 1 aromatic carbocycles. The molecule has 0 saturated heterocycles. The maximum absolute atomic E-state index is 5.92. The summed E-state index contributed by atoms with van der Waals surface area (Å²) in [6.07, 6.45) is 5.45. The smallest absolute Gasteiger partial charge is 0.229 e. The van der Waals surface area contributed by atoms with Gasteiger partial charge in [0.2, 0.25) is 9.04 Å². The maximum Gasteiger partial charge on any atom is 0.229 e. The molecule has 0 fully saturated rings. The number of hydrogen-bond donors (Lipinski definition) is 0. The summed E-state index contributed by atoms with van der Waals surface area (Å²) in [5.74, 6) is 0.869. The number of aromatic nitrogens is 2. The van der Waals surface area contributed by atoms with Gasteiger partial charge in [0.1, 0.15) is 11.4 Å². The van der Waals surface area contributed by atoms with E-state index in [4.69, 9.17) is 4.43 Å². The van der Waals surface area contributed by atoms with Crippen LogP contribution < -0.4 is 4.43 Å². The van der Waals surface area contributed by atoms with Crippen LogP contribution in [0.25, 0.3) is 0 Å². The quantitative estimate of drug-likeness (QED) is 0.635. The minimum atomic E-state index is -1.13. The van der Waals surface area contributed by atoms with Crippen molar-refractivity contribution in [3.8, 4) is 5.75 Å². The maximum atomic E-state index is 5.92. The zero-order chi connectivity index (χ0) is 13.8. The van der Waals surface area contributed by atoms with Crippen LogP contribution in [0.2, 0.25) is 13.1 Å². The van der Waals surface area contributed by atoms with Crippen LogP contribution in [0.4, 0.5) is 5.69 Å². The van der Waals surface area contributed by atoms with Crippen molar-refractivity contribution in [2.24, 2.45) is 12.0 Å². The normalized spacial score (nSPS) is 11.4. The lowest BCUT2D eigenvalue weighted by Crippen LogP contribution is -2.11. The first-order chi connectivity index (χ1) is 9.04. The highest BCUT2D eigenvalue weighted by Crippen LogP contribution is 2.28. The summed E-state index contributed by atoms with van der Waals surface area (Å²) in [6.45, 7) is 6.35. The predicted octanol–water partition coefficient (Wildman–Crippen LogP) is 2.84. The van der Waals surface area contributed by atoms with Crippen LogP contribution in [0.5, 0.6) is 5.75 Å². The van der Waals surface area contributed by atoms with Gasteiger partial charge in [-0.1, -0.05) is 6.07 Å². The Morgan fingerprint density at radius 2 is 2.16 bits per heavy atom. The van der Waals surface area contributed by atoms with E-state index in [0.29, 0.717) is 0 Å². The molecule has 0 spiro atoms. The molecule has 2 rings (SSSR count). The molecule has 100 valence electrons. The Morgan fingerprint density at radius 1 is 1.37 bits per heavy atom. The number of imidazole rings is 1. The first kappa shape index (κ1) is 13.5. The molecular formula is C14H19N3OSi. The van der Waals surface area contributed by atoms with Crippen LogP contribution in [-0.2, 0) is 7.05 Å². The van der Waals surface area contributed by atoms with Crippen LogP contribution in [0.15, 0.2) is 35.7 Å². The Bertz CT molecular complexity index is 590. The largest absolute Gasteiger partial charge is 0.546 e. The summed E-state index contributed by atoms with van der Waals surface area (Å²) >= 11 is 0. The number of benzene rings is 1. The van der Waals surface area contributed by atoms with Gasteiger partial charge < -0.3 is 8.99 Å². The fourth-order valence-electron chi connectivity index (χ4n) is 1.71. The average molecular weight is 273 g/mol. The third-order valence-corrected chi connectivity index (χ3v) is 3.26. The van der Waals surface area contributed by atoms with E-state index in [2.05, 4.69) is 30.0 Å². The monoisotopic (exact) mass is 273 g/mol. The molecule has 0 amide bonds. The molecule has 19 heavy (non-hydrogen) atoms. The van der Waals surface area contributed by atoms with Crippen LogP contribution in [-0.4, -0.2) is 24.8 Å². The van der Waals surface area contributed by atoms with E-state index in [1.807, 2.05) is 36.0 Å². The summed E-state index contributed by atoms with van der Waals surface area (Å²) in [6, 6.07) is 6.07. The van der Waals surface area contributed by atoms with Crippen molar-refractivity contribution in [2.45, 2.75) is 20.0 Å². The molecule has 0 unspecified atom stereocenters. The molecule has 0 aliphatic carbocycles. The van der Waals surface area contributed by atoms with Crippen molar-refractivity contribution in [1.82, 2.24) is 9.55 Å². The summed E-state index contributed by atoms with van der Waals surface area (Å²) in [7, 11) is 0.805. The van der Waals surface area contributed by atoms with Crippen molar-refractivity contribution in [3.05, 3.63) is 42.0 Å². The minimum absolute atomic E-state index is 0.843. The number of aliphatic imine (C=N–C) groups is 1. The molecule has 1 aromatic heterocycles. The second-order valence-electron chi connectivity index (χ2n) is 4.86. The average Bonchev–Trinajstić information content (AvgIpc) is 2.73. The molecule has 0 atom stereocenters. The number of aryl methyl sites for hydroxylation is 2. The molecule has 1 heterocycles. The van der Waals surface area contributed by atoms with Crippen molar-refractivity contribution < 1.29 is 4.43 Å². The number of rotatable bonds is 4. The van der Waals surface area contributed by atoms with Gasteiger partial charge in [0.25, 0.3) is 0 Å². The zero-order valence-electron chi connectivity index (χ0n) is 11.8. The Labute approximate surface area is 115 Å². The number of hydrogen-bond acceptors (Lipinski definition) is 3. The number of nitrogens with zero attached hydrogens (tertiary/aromatic N) is 3. The van der Waals surface area contributed by atoms with Gasteiger partial charge in [0, 0.05) is 13.2 Å². The van der Waals surface area contributed by atoms with Crippen LogP contribution >= 0.6 is 0 Å². The molecule has 0 N–H and O–H groups in total. The topological polar surface area (TPSA) is 39.4 Å². The molecule has 0 bridgehead atoms. The highest BCUT2D eigenvalue weighted by Gasteiger charge is 2.05. The lowest BCUT2D eigenvalue weighted by Gasteiger charge is -2.12.